The van der Waals surface area contributed by atoms with Gasteiger partial charge in [-0.15, -0.1) is 0 Å². The van der Waals surface area contributed by atoms with E-state index >= 15 is 0 Å². The third-order valence-corrected chi connectivity index (χ3v) is 6.26. The average molecular weight is 437 g/mol. The Morgan fingerprint density at radius 1 is 1.19 bits per heavy atom. The number of hydrogen-bond acceptors (Lipinski definition) is 3. The lowest BCUT2D eigenvalue weighted by molar-refractivity contribution is -0.121. The lowest BCUT2D eigenvalue weighted by Crippen LogP contribution is -2.33. The fourth-order valence-corrected chi connectivity index (χ4v) is 4.53. The second kappa shape index (κ2) is 11.8. The second-order valence-electron chi connectivity index (χ2n) is 6.73. The molecule has 1 aromatic rings. The molecule has 0 radical (unpaired) electrons. The monoisotopic (exact) mass is 436 g/mol. The van der Waals surface area contributed by atoms with Crippen molar-refractivity contribution in [3.63, 3.8) is 0 Å². The molecule has 0 bridgehead atoms. The van der Waals surface area contributed by atoms with Crippen molar-refractivity contribution in [2.45, 2.75) is 52.4 Å². The number of halogens is 2. The van der Waals surface area contributed by atoms with Crippen molar-refractivity contribution in [3.05, 3.63) is 28.2 Å². The molecule has 1 aromatic carbocycles. The molecule has 0 aliphatic heterocycles. The number of anilines is 1. The Kier molecular flexibility index (Phi) is 10.5. The molecule has 0 fully saturated rings. The number of para-hydroxylation sites is 1. The van der Waals surface area contributed by atoms with E-state index < -0.39 is 10.0 Å². The van der Waals surface area contributed by atoms with Gasteiger partial charge in [0, 0.05) is 19.5 Å². The highest BCUT2D eigenvalue weighted by Crippen LogP contribution is 2.35. The number of nitrogens with zero attached hydrogens (tertiary/aromatic N) is 1. The molecule has 5 nitrogen and oxygen atoms in total. The van der Waals surface area contributed by atoms with Crippen LogP contribution in [-0.2, 0) is 14.8 Å². The van der Waals surface area contributed by atoms with Gasteiger partial charge in [-0.1, -0.05) is 62.4 Å². The van der Waals surface area contributed by atoms with Gasteiger partial charge in [0.1, 0.15) is 0 Å². The molecule has 0 unspecified atom stereocenters. The summed E-state index contributed by atoms with van der Waals surface area (Å²) < 4.78 is 25.5. The van der Waals surface area contributed by atoms with Crippen molar-refractivity contribution >= 4 is 44.8 Å². The van der Waals surface area contributed by atoms with Crippen LogP contribution in [0.25, 0.3) is 0 Å². The second-order valence-corrected chi connectivity index (χ2v) is 9.45. The molecule has 27 heavy (non-hydrogen) atoms. The Morgan fingerprint density at radius 3 is 2.33 bits per heavy atom. The van der Waals surface area contributed by atoms with Crippen molar-refractivity contribution in [2.24, 2.45) is 5.92 Å². The standard InChI is InChI=1S/C19H30Cl2N2O3S/c1-4-6-9-15(5-2)14-22-18(24)12-8-13-23(27(3,25)26)19-16(20)10-7-11-17(19)21/h7,10-11,15H,4-6,8-9,12-14H2,1-3H3,(H,22,24)/t15-/m1/s1. The number of hydrogen-bond donors (Lipinski definition) is 1. The van der Waals surface area contributed by atoms with Crippen LogP contribution in [0.4, 0.5) is 5.69 Å². The van der Waals surface area contributed by atoms with Gasteiger partial charge in [0.25, 0.3) is 0 Å². The van der Waals surface area contributed by atoms with Crippen LogP contribution in [0.1, 0.15) is 52.4 Å². The van der Waals surface area contributed by atoms with Gasteiger partial charge < -0.3 is 5.32 Å². The summed E-state index contributed by atoms with van der Waals surface area (Å²) in [5.74, 6) is 0.423. The van der Waals surface area contributed by atoms with Crippen LogP contribution < -0.4 is 9.62 Å². The summed E-state index contributed by atoms with van der Waals surface area (Å²) in [4.78, 5) is 12.1. The van der Waals surface area contributed by atoms with Gasteiger partial charge in [0.05, 0.1) is 22.0 Å². The summed E-state index contributed by atoms with van der Waals surface area (Å²) in [6.07, 6.45) is 6.19. The van der Waals surface area contributed by atoms with Gasteiger partial charge >= 0.3 is 0 Å². The van der Waals surface area contributed by atoms with Crippen LogP contribution in [0.3, 0.4) is 0 Å². The minimum absolute atomic E-state index is 0.0661. The molecule has 0 saturated carbocycles. The van der Waals surface area contributed by atoms with E-state index in [4.69, 9.17) is 23.2 Å². The molecule has 1 N–H and O–H groups in total. The van der Waals surface area contributed by atoms with E-state index in [0.717, 1.165) is 31.9 Å². The molecule has 0 aliphatic rings. The summed E-state index contributed by atoms with van der Waals surface area (Å²) in [5.41, 5.74) is 0.259. The van der Waals surface area contributed by atoms with Crippen LogP contribution in [0.5, 0.6) is 0 Å². The van der Waals surface area contributed by atoms with Gasteiger partial charge in [0.15, 0.2) is 0 Å². The van der Waals surface area contributed by atoms with Crippen LogP contribution >= 0.6 is 23.2 Å². The van der Waals surface area contributed by atoms with Crippen LogP contribution in [0.15, 0.2) is 18.2 Å². The van der Waals surface area contributed by atoms with Crippen molar-refractivity contribution in [3.8, 4) is 0 Å². The number of rotatable bonds is 12. The SMILES string of the molecule is CCCC[C@@H](CC)CNC(=O)CCCN(c1c(Cl)cccc1Cl)S(C)(=O)=O. The van der Waals surface area contributed by atoms with E-state index in [1.54, 1.807) is 18.2 Å². The first-order valence-corrected chi connectivity index (χ1v) is 12.0. The Bertz CT molecular complexity index is 691. The number of nitrogens with one attached hydrogen (secondary N) is 1. The quantitative estimate of drug-likeness (QED) is 0.507. The molecule has 0 heterocycles. The van der Waals surface area contributed by atoms with E-state index in [1.807, 2.05) is 0 Å². The zero-order chi connectivity index (χ0) is 20.4. The molecule has 154 valence electrons. The number of unbranched alkanes of at least 4 members (excludes halogenated alkanes) is 1. The molecule has 0 aromatic heterocycles. The molecule has 1 rings (SSSR count). The van der Waals surface area contributed by atoms with Crippen molar-refractivity contribution in [2.75, 3.05) is 23.7 Å². The number of carbonyl (C=O) groups excluding carboxylic acids is 1. The minimum atomic E-state index is -3.57. The Labute approximate surface area is 173 Å². The van der Waals surface area contributed by atoms with E-state index in [0.29, 0.717) is 18.9 Å². The van der Waals surface area contributed by atoms with Gasteiger partial charge in [-0.25, -0.2) is 8.42 Å². The molecule has 0 saturated heterocycles. The first-order chi connectivity index (χ1) is 12.7. The van der Waals surface area contributed by atoms with Gasteiger partial charge in [-0.05, 0) is 30.9 Å². The molecule has 0 aliphatic carbocycles. The summed E-state index contributed by atoms with van der Waals surface area (Å²) >= 11 is 12.3. The maximum atomic E-state index is 12.2. The van der Waals surface area contributed by atoms with Crippen LogP contribution in [0, 0.1) is 5.92 Å². The van der Waals surface area contributed by atoms with E-state index in [9.17, 15) is 13.2 Å². The summed E-state index contributed by atoms with van der Waals surface area (Å²) in [7, 11) is -3.57. The van der Waals surface area contributed by atoms with Crippen molar-refractivity contribution in [1.82, 2.24) is 5.32 Å². The third-order valence-electron chi connectivity index (χ3n) is 4.48. The Balaban J connectivity index is 2.62. The largest absolute Gasteiger partial charge is 0.356 e. The van der Waals surface area contributed by atoms with Gasteiger partial charge in [0.2, 0.25) is 15.9 Å². The molecule has 1 amide bonds. The first kappa shape index (κ1) is 24.1. The predicted molar refractivity (Wildman–Crippen MR) is 114 cm³/mol. The zero-order valence-corrected chi connectivity index (χ0v) is 18.6. The molecule has 1 atom stereocenters. The fourth-order valence-electron chi connectivity index (χ4n) is 2.84. The number of carbonyl (C=O) groups is 1. The lowest BCUT2D eigenvalue weighted by atomic mass is 9.99. The third kappa shape index (κ3) is 8.28. The van der Waals surface area contributed by atoms with Crippen LogP contribution in [0.2, 0.25) is 10.0 Å². The number of sulfonamides is 1. The van der Waals surface area contributed by atoms with E-state index in [-0.39, 0.29) is 34.6 Å². The van der Waals surface area contributed by atoms with E-state index in [2.05, 4.69) is 19.2 Å². The highest BCUT2D eigenvalue weighted by molar-refractivity contribution is 7.92. The molecular formula is C19H30Cl2N2O3S. The Hall–Kier alpha value is -0.980. The summed E-state index contributed by atoms with van der Waals surface area (Å²) in [6.45, 7) is 5.10. The smallest absolute Gasteiger partial charge is 0.232 e. The molecule has 0 spiro atoms. The highest BCUT2D eigenvalue weighted by atomic mass is 35.5. The van der Waals surface area contributed by atoms with Crippen LogP contribution in [-0.4, -0.2) is 33.7 Å². The summed E-state index contributed by atoms with van der Waals surface area (Å²) in [6, 6.07) is 4.84. The predicted octanol–water partition coefficient (Wildman–Crippen LogP) is 4.87. The minimum Gasteiger partial charge on any atom is -0.356 e. The van der Waals surface area contributed by atoms with Gasteiger partial charge in [-0.2, -0.15) is 0 Å². The normalized spacial score (nSPS) is 12.6. The molecule has 8 heteroatoms. The maximum Gasteiger partial charge on any atom is 0.232 e. The fraction of sp³-hybridized carbons (Fsp3) is 0.632. The van der Waals surface area contributed by atoms with Crippen molar-refractivity contribution in [1.29, 1.82) is 0 Å². The first-order valence-electron chi connectivity index (χ1n) is 9.39. The summed E-state index contributed by atoms with van der Waals surface area (Å²) in [5, 5.41) is 3.48. The maximum absolute atomic E-state index is 12.2. The zero-order valence-electron chi connectivity index (χ0n) is 16.3. The topological polar surface area (TPSA) is 66.5 Å². The average Bonchev–Trinajstić information content (AvgIpc) is 2.59. The molecular weight excluding hydrogens is 407 g/mol. The lowest BCUT2D eigenvalue weighted by Gasteiger charge is -2.24. The van der Waals surface area contributed by atoms with Gasteiger partial charge in [-0.3, -0.25) is 9.10 Å². The number of amides is 1. The van der Waals surface area contributed by atoms with E-state index in [1.165, 1.54) is 4.31 Å². The van der Waals surface area contributed by atoms with Crippen molar-refractivity contribution < 1.29 is 13.2 Å². The Morgan fingerprint density at radius 2 is 1.81 bits per heavy atom. The highest BCUT2D eigenvalue weighted by Gasteiger charge is 2.22. The number of benzene rings is 1.